The van der Waals surface area contributed by atoms with E-state index in [2.05, 4.69) is 50.9 Å². The van der Waals surface area contributed by atoms with E-state index in [0.717, 1.165) is 54.4 Å². The maximum atomic E-state index is 13.0. The van der Waals surface area contributed by atoms with Crippen LogP contribution < -0.4 is 4.90 Å². The summed E-state index contributed by atoms with van der Waals surface area (Å²) in [7, 11) is 0. The Balaban J connectivity index is 1.20. The minimum atomic E-state index is 0.157. The summed E-state index contributed by atoms with van der Waals surface area (Å²) < 4.78 is 2.20. The maximum Gasteiger partial charge on any atom is 0.233 e. The Labute approximate surface area is 203 Å². The van der Waals surface area contributed by atoms with E-state index in [0.29, 0.717) is 11.7 Å². The molecule has 1 aliphatic carbocycles. The molecular weight excluding hydrogens is 454 g/mol. The summed E-state index contributed by atoms with van der Waals surface area (Å²) in [5, 5.41) is 10.5. The number of halogens is 1. The van der Waals surface area contributed by atoms with Crippen LogP contribution in [-0.2, 0) is 11.3 Å². The fourth-order valence-electron chi connectivity index (χ4n) is 4.30. The highest BCUT2D eigenvalue weighted by Crippen LogP contribution is 2.40. The first-order valence-electron chi connectivity index (χ1n) is 11.5. The van der Waals surface area contributed by atoms with Crippen molar-refractivity contribution in [1.82, 2.24) is 19.7 Å². The molecule has 33 heavy (non-hydrogen) atoms. The van der Waals surface area contributed by atoms with Gasteiger partial charge in [0.25, 0.3) is 0 Å². The average molecular weight is 482 g/mol. The topological polar surface area (TPSA) is 54.3 Å². The molecule has 0 bridgehead atoms. The summed E-state index contributed by atoms with van der Waals surface area (Å²) in [6, 6.07) is 16.4. The second kappa shape index (κ2) is 9.77. The molecular formula is C25H28ClN5OS. The molecule has 0 atom stereocenters. The quantitative estimate of drug-likeness (QED) is 0.461. The van der Waals surface area contributed by atoms with Crippen LogP contribution >= 0.6 is 23.4 Å². The molecule has 2 heterocycles. The van der Waals surface area contributed by atoms with Gasteiger partial charge in [0.2, 0.25) is 5.91 Å². The van der Waals surface area contributed by atoms with Gasteiger partial charge in [-0.1, -0.05) is 59.8 Å². The Hall–Kier alpha value is -2.51. The number of anilines is 1. The monoisotopic (exact) mass is 481 g/mol. The van der Waals surface area contributed by atoms with Crippen molar-refractivity contribution in [1.29, 1.82) is 0 Å². The van der Waals surface area contributed by atoms with Crippen molar-refractivity contribution in [2.75, 3.05) is 36.8 Å². The van der Waals surface area contributed by atoms with E-state index in [1.165, 1.54) is 35.7 Å². The highest BCUT2D eigenvalue weighted by Gasteiger charge is 2.31. The molecule has 2 aliphatic rings. The van der Waals surface area contributed by atoms with Crippen LogP contribution in [0.3, 0.4) is 0 Å². The molecule has 0 radical (unpaired) electrons. The Kier molecular flexibility index (Phi) is 6.60. The zero-order valence-electron chi connectivity index (χ0n) is 18.8. The number of hydrogen-bond donors (Lipinski definition) is 0. The molecule has 3 aromatic rings. The molecule has 5 rings (SSSR count). The van der Waals surface area contributed by atoms with Crippen LogP contribution in [0.1, 0.15) is 35.7 Å². The molecule has 0 unspecified atom stereocenters. The third-order valence-electron chi connectivity index (χ3n) is 6.34. The van der Waals surface area contributed by atoms with Gasteiger partial charge < -0.3 is 14.4 Å². The van der Waals surface area contributed by atoms with Gasteiger partial charge in [-0.2, -0.15) is 0 Å². The molecule has 2 aromatic carbocycles. The first-order valence-corrected chi connectivity index (χ1v) is 12.8. The summed E-state index contributed by atoms with van der Waals surface area (Å²) in [4.78, 5) is 17.2. The van der Waals surface area contributed by atoms with Crippen LogP contribution in [0.15, 0.2) is 53.7 Å². The van der Waals surface area contributed by atoms with Crippen molar-refractivity contribution in [3.8, 4) is 0 Å². The van der Waals surface area contributed by atoms with Gasteiger partial charge >= 0.3 is 0 Å². The Morgan fingerprint density at radius 1 is 1.06 bits per heavy atom. The van der Waals surface area contributed by atoms with E-state index < -0.39 is 0 Å². The normalized spacial score (nSPS) is 16.3. The Morgan fingerprint density at radius 2 is 1.82 bits per heavy atom. The van der Waals surface area contributed by atoms with Gasteiger partial charge in [-0.25, -0.2) is 0 Å². The molecule has 6 nitrogen and oxygen atoms in total. The summed E-state index contributed by atoms with van der Waals surface area (Å²) in [6.07, 6.45) is 2.35. The van der Waals surface area contributed by atoms with Crippen LogP contribution in [0, 0.1) is 6.92 Å². The highest BCUT2D eigenvalue weighted by atomic mass is 35.5. The van der Waals surface area contributed by atoms with Gasteiger partial charge in [0, 0.05) is 42.8 Å². The molecule has 0 N–H and O–H groups in total. The molecule has 1 saturated carbocycles. The summed E-state index contributed by atoms with van der Waals surface area (Å²) in [6.45, 7) is 5.90. The lowest BCUT2D eigenvalue weighted by Crippen LogP contribution is -2.49. The fourth-order valence-corrected chi connectivity index (χ4v) is 5.32. The van der Waals surface area contributed by atoms with E-state index >= 15 is 0 Å². The number of benzene rings is 2. The second-order valence-electron chi connectivity index (χ2n) is 8.77. The van der Waals surface area contributed by atoms with Crippen LogP contribution in [-0.4, -0.2) is 57.5 Å². The van der Waals surface area contributed by atoms with Crippen molar-refractivity contribution >= 4 is 35.0 Å². The lowest BCUT2D eigenvalue weighted by Gasteiger charge is -2.36. The van der Waals surface area contributed by atoms with E-state index in [1.807, 2.05) is 29.2 Å². The van der Waals surface area contributed by atoms with Crippen molar-refractivity contribution in [3.63, 3.8) is 0 Å². The number of aryl methyl sites for hydroxylation is 1. The van der Waals surface area contributed by atoms with Crippen molar-refractivity contribution < 1.29 is 4.79 Å². The summed E-state index contributed by atoms with van der Waals surface area (Å²) in [5.74, 6) is 2.10. The standard InChI is InChI=1S/C25H28ClN5OS/c1-18-7-10-21(26)15-22(18)29-11-13-30(14-12-29)23(32)17-33-25-28-27-24(20-8-9-20)31(25)16-19-5-3-2-4-6-19/h2-7,10,15,20H,8-9,11-14,16-17H2,1H3. The van der Waals surface area contributed by atoms with Gasteiger partial charge in [-0.3, -0.25) is 4.79 Å². The lowest BCUT2D eigenvalue weighted by molar-refractivity contribution is -0.128. The van der Waals surface area contributed by atoms with Gasteiger partial charge in [0.1, 0.15) is 5.82 Å². The predicted molar refractivity (Wildman–Crippen MR) is 133 cm³/mol. The van der Waals surface area contributed by atoms with Crippen LogP contribution in [0.4, 0.5) is 5.69 Å². The number of thioether (sulfide) groups is 1. The molecule has 1 aliphatic heterocycles. The van der Waals surface area contributed by atoms with E-state index in [4.69, 9.17) is 11.6 Å². The lowest BCUT2D eigenvalue weighted by atomic mass is 10.1. The first kappa shape index (κ1) is 22.3. The number of amides is 1. The number of aromatic nitrogens is 3. The van der Waals surface area contributed by atoms with Gasteiger partial charge in [-0.05, 0) is 43.0 Å². The van der Waals surface area contributed by atoms with E-state index in [9.17, 15) is 4.79 Å². The second-order valence-corrected chi connectivity index (χ2v) is 10.2. The third kappa shape index (κ3) is 5.20. The van der Waals surface area contributed by atoms with Gasteiger partial charge in [0.05, 0.1) is 12.3 Å². The molecule has 2 fully saturated rings. The number of rotatable bonds is 7. The Morgan fingerprint density at radius 3 is 2.55 bits per heavy atom. The fraction of sp³-hybridized carbons (Fsp3) is 0.400. The SMILES string of the molecule is Cc1ccc(Cl)cc1N1CCN(C(=O)CSc2nnc(C3CC3)n2Cc2ccccc2)CC1. The van der Waals surface area contributed by atoms with Crippen LogP contribution in [0.2, 0.25) is 5.02 Å². The smallest absolute Gasteiger partial charge is 0.233 e. The molecule has 0 spiro atoms. The van der Waals surface area contributed by atoms with Crippen molar-refractivity contribution in [2.45, 2.75) is 37.4 Å². The number of nitrogens with zero attached hydrogens (tertiary/aromatic N) is 5. The molecule has 1 aromatic heterocycles. The molecule has 172 valence electrons. The number of carbonyl (C=O) groups is 1. The zero-order valence-corrected chi connectivity index (χ0v) is 20.4. The largest absolute Gasteiger partial charge is 0.368 e. The van der Waals surface area contributed by atoms with E-state index in [-0.39, 0.29) is 5.91 Å². The maximum absolute atomic E-state index is 13.0. The summed E-state index contributed by atoms with van der Waals surface area (Å²) in [5.41, 5.74) is 3.59. The van der Waals surface area contributed by atoms with Gasteiger partial charge in [0.15, 0.2) is 5.16 Å². The molecule has 1 saturated heterocycles. The van der Waals surface area contributed by atoms with Crippen molar-refractivity contribution in [2.24, 2.45) is 0 Å². The van der Waals surface area contributed by atoms with Crippen molar-refractivity contribution in [3.05, 3.63) is 70.5 Å². The third-order valence-corrected chi connectivity index (χ3v) is 7.53. The Bertz CT molecular complexity index is 1120. The minimum Gasteiger partial charge on any atom is -0.368 e. The minimum absolute atomic E-state index is 0.157. The molecule has 1 amide bonds. The summed E-state index contributed by atoms with van der Waals surface area (Å²) >= 11 is 7.70. The average Bonchev–Trinajstić information content (AvgIpc) is 3.61. The van der Waals surface area contributed by atoms with Crippen LogP contribution in [0.5, 0.6) is 0 Å². The first-order chi connectivity index (χ1) is 16.1. The zero-order chi connectivity index (χ0) is 22.8. The number of piperazine rings is 1. The molecule has 8 heteroatoms. The van der Waals surface area contributed by atoms with Crippen LogP contribution in [0.25, 0.3) is 0 Å². The van der Waals surface area contributed by atoms with E-state index in [1.54, 1.807) is 0 Å². The highest BCUT2D eigenvalue weighted by molar-refractivity contribution is 7.99. The number of hydrogen-bond acceptors (Lipinski definition) is 5. The number of carbonyl (C=O) groups excluding carboxylic acids is 1. The van der Waals surface area contributed by atoms with Gasteiger partial charge in [-0.15, -0.1) is 10.2 Å². The predicted octanol–water partition coefficient (Wildman–Crippen LogP) is 4.61.